The van der Waals surface area contributed by atoms with E-state index in [9.17, 15) is 23.7 Å². The topological polar surface area (TPSA) is 123 Å². The fraction of sp³-hybridized carbons (Fsp3) is 0.0833. The van der Waals surface area contributed by atoms with Crippen molar-refractivity contribution in [1.82, 2.24) is 15.2 Å². The zero-order chi connectivity index (χ0) is 17.3. The summed E-state index contributed by atoms with van der Waals surface area (Å²) in [5.41, 5.74) is -0.335. The Labute approximate surface area is 135 Å². The third-order valence-electron chi connectivity index (χ3n) is 2.85. The molecule has 12 heteroatoms. The van der Waals surface area contributed by atoms with Gasteiger partial charge in [-0.1, -0.05) is 11.3 Å². The number of rotatable bonds is 5. The fourth-order valence-corrected chi connectivity index (χ4v) is 2.77. The van der Waals surface area contributed by atoms with E-state index in [0.29, 0.717) is 10.2 Å². The number of alkyl halides is 2. The van der Waals surface area contributed by atoms with Gasteiger partial charge in [-0.3, -0.25) is 25.3 Å². The Morgan fingerprint density at radius 1 is 1.46 bits per heavy atom. The molecule has 0 radical (unpaired) electrons. The first-order valence-electron chi connectivity index (χ1n) is 6.28. The molecule has 0 saturated heterocycles. The van der Waals surface area contributed by atoms with Gasteiger partial charge in [-0.05, 0) is 18.2 Å². The smallest absolute Gasteiger partial charge is 0.387 e. The van der Waals surface area contributed by atoms with Crippen molar-refractivity contribution >= 4 is 38.3 Å². The van der Waals surface area contributed by atoms with Crippen LogP contribution in [-0.2, 0) is 0 Å². The van der Waals surface area contributed by atoms with E-state index >= 15 is 0 Å². The summed E-state index contributed by atoms with van der Waals surface area (Å²) in [6.45, 7) is -2.95. The molecular formula is C12H7F2N5O4S. The molecule has 0 aliphatic rings. The maximum Gasteiger partial charge on any atom is 0.387 e. The fourth-order valence-electron chi connectivity index (χ4n) is 1.88. The van der Waals surface area contributed by atoms with Crippen molar-refractivity contribution in [2.45, 2.75) is 6.61 Å². The first-order chi connectivity index (χ1) is 11.4. The Morgan fingerprint density at radius 2 is 2.25 bits per heavy atom. The van der Waals surface area contributed by atoms with Gasteiger partial charge >= 0.3 is 12.3 Å². The van der Waals surface area contributed by atoms with Crippen LogP contribution in [0.2, 0.25) is 0 Å². The van der Waals surface area contributed by atoms with Crippen molar-refractivity contribution in [1.29, 1.82) is 0 Å². The quantitative estimate of drug-likeness (QED) is 0.536. The van der Waals surface area contributed by atoms with Gasteiger partial charge in [-0.15, -0.1) is 0 Å². The van der Waals surface area contributed by atoms with Crippen LogP contribution < -0.4 is 10.1 Å². The molecular weight excluding hydrogens is 348 g/mol. The predicted octanol–water partition coefficient (Wildman–Crippen LogP) is 2.78. The van der Waals surface area contributed by atoms with Crippen LogP contribution in [0.4, 0.5) is 19.6 Å². The number of hydrogen-bond acceptors (Lipinski definition) is 7. The molecule has 0 aliphatic heterocycles. The predicted molar refractivity (Wildman–Crippen MR) is 79.4 cm³/mol. The number of H-pyrrole nitrogens is 1. The molecule has 2 N–H and O–H groups in total. The number of aromatic nitrogens is 3. The monoisotopic (exact) mass is 355 g/mol. The van der Waals surface area contributed by atoms with Crippen molar-refractivity contribution < 1.29 is 23.2 Å². The molecule has 1 amide bonds. The highest BCUT2D eigenvalue weighted by atomic mass is 32.1. The lowest BCUT2D eigenvalue weighted by atomic mass is 10.3. The number of nitro groups is 1. The molecule has 0 saturated carbocycles. The molecule has 0 fully saturated rings. The molecule has 3 aromatic rings. The van der Waals surface area contributed by atoms with Crippen LogP contribution in [0.3, 0.4) is 0 Å². The zero-order valence-corrected chi connectivity index (χ0v) is 12.3. The number of nitrogens with zero attached hydrogens (tertiary/aromatic N) is 3. The van der Waals surface area contributed by atoms with Crippen LogP contribution in [-0.4, -0.2) is 32.6 Å². The Hall–Kier alpha value is -3.15. The number of carbonyl (C=O) groups excluding carboxylic acids is 1. The number of fused-ring (bicyclic) bond motifs is 1. The van der Waals surface area contributed by atoms with E-state index in [1.54, 1.807) is 0 Å². The number of carbonyl (C=O) groups is 1. The van der Waals surface area contributed by atoms with Gasteiger partial charge in [0.25, 0.3) is 5.91 Å². The molecule has 9 nitrogen and oxygen atoms in total. The zero-order valence-electron chi connectivity index (χ0n) is 11.5. The lowest BCUT2D eigenvalue weighted by Crippen LogP contribution is -2.13. The number of ether oxygens (including phenoxy) is 1. The van der Waals surface area contributed by atoms with E-state index in [-0.39, 0.29) is 16.6 Å². The molecule has 1 aromatic carbocycles. The second-order valence-electron chi connectivity index (χ2n) is 4.37. The maximum absolute atomic E-state index is 12.2. The van der Waals surface area contributed by atoms with Crippen LogP contribution in [0.25, 0.3) is 10.2 Å². The SMILES string of the molecule is O=C(Nc1nc2ccc(OC(F)F)cc2s1)c1[nH]ncc1[N+](=O)[O-]. The van der Waals surface area contributed by atoms with Crippen molar-refractivity contribution in [2.75, 3.05) is 5.32 Å². The van der Waals surface area contributed by atoms with E-state index in [2.05, 4.69) is 25.2 Å². The summed E-state index contributed by atoms with van der Waals surface area (Å²) >= 11 is 1.01. The van der Waals surface area contributed by atoms with Gasteiger partial charge in [-0.2, -0.15) is 13.9 Å². The molecule has 0 unspecified atom stereocenters. The molecule has 24 heavy (non-hydrogen) atoms. The Balaban J connectivity index is 1.83. The molecule has 0 spiro atoms. The number of thiazole rings is 1. The largest absolute Gasteiger partial charge is 0.435 e. The highest BCUT2D eigenvalue weighted by molar-refractivity contribution is 7.22. The number of anilines is 1. The lowest BCUT2D eigenvalue weighted by Gasteiger charge is -2.02. The first kappa shape index (κ1) is 15.7. The van der Waals surface area contributed by atoms with E-state index in [0.717, 1.165) is 17.5 Å². The standard InChI is InChI=1S/C12H7F2N5O4S/c13-11(14)23-5-1-2-6-8(3-5)24-12(16-6)17-10(20)9-7(19(21)22)4-15-18-9/h1-4,11H,(H,15,18)(H,16,17,20). The van der Waals surface area contributed by atoms with E-state index in [4.69, 9.17) is 0 Å². The van der Waals surface area contributed by atoms with Gasteiger partial charge in [0, 0.05) is 0 Å². The Kier molecular flexibility index (Phi) is 4.04. The normalized spacial score (nSPS) is 11.0. The van der Waals surface area contributed by atoms with E-state index in [1.165, 1.54) is 18.2 Å². The van der Waals surface area contributed by atoms with Crippen LogP contribution in [0, 0.1) is 10.1 Å². The summed E-state index contributed by atoms with van der Waals surface area (Å²) in [5.74, 6) is -0.828. The third kappa shape index (κ3) is 3.12. The first-order valence-corrected chi connectivity index (χ1v) is 7.10. The van der Waals surface area contributed by atoms with Gasteiger partial charge in [0.05, 0.1) is 15.1 Å². The van der Waals surface area contributed by atoms with Crippen LogP contribution >= 0.6 is 11.3 Å². The minimum atomic E-state index is -2.95. The minimum Gasteiger partial charge on any atom is -0.435 e. The Bertz CT molecular complexity index is 925. The number of hydrogen-bond donors (Lipinski definition) is 2. The summed E-state index contributed by atoms with van der Waals surface area (Å²) < 4.78 is 29.2. The van der Waals surface area contributed by atoms with E-state index in [1.807, 2.05) is 0 Å². The summed E-state index contributed by atoms with van der Waals surface area (Å²) in [6.07, 6.45) is 0.918. The third-order valence-corrected chi connectivity index (χ3v) is 3.78. The number of halogens is 2. The van der Waals surface area contributed by atoms with Crippen molar-refractivity contribution in [3.8, 4) is 5.75 Å². The van der Waals surface area contributed by atoms with Crippen LogP contribution in [0.15, 0.2) is 24.4 Å². The second-order valence-corrected chi connectivity index (χ2v) is 5.40. The molecule has 2 heterocycles. The van der Waals surface area contributed by atoms with Crippen molar-refractivity contribution in [2.24, 2.45) is 0 Å². The average molecular weight is 355 g/mol. The number of amides is 1. The lowest BCUT2D eigenvalue weighted by molar-refractivity contribution is -0.385. The van der Waals surface area contributed by atoms with Gasteiger partial charge in [0.1, 0.15) is 11.9 Å². The molecule has 2 aromatic heterocycles. The molecule has 0 atom stereocenters. The second kappa shape index (κ2) is 6.16. The average Bonchev–Trinajstić information content (AvgIpc) is 3.11. The van der Waals surface area contributed by atoms with Crippen LogP contribution in [0.1, 0.15) is 10.5 Å². The van der Waals surface area contributed by atoms with Gasteiger partial charge in [0.2, 0.25) is 5.69 Å². The summed E-state index contributed by atoms with van der Waals surface area (Å²) in [7, 11) is 0. The molecule has 0 bridgehead atoms. The van der Waals surface area contributed by atoms with Gasteiger partial charge in [-0.25, -0.2) is 4.98 Å². The Morgan fingerprint density at radius 3 is 2.96 bits per heavy atom. The van der Waals surface area contributed by atoms with Crippen molar-refractivity contribution in [3.05, 3.63) is 40.2 Å². The number of nitrogens with one attached hydrogen (secondary N) is 2. The number of benzene rings is 1. The van der Waals surface area contributed by atoms with Gasteiger partial charge in [0.15, 0.2) is 5.13 Å². The molecule has 0 aliphatic carbocycles. The molecule has 124 valence electrons. The molecule has 3 rings (SSSR count). The maximum atomic E-state index is 12.2. The highest BCUT2D eigenvalue weighted by Crippen LogP contribution is 2.30. The van der Waals surface area contributed by atoms with Crippen molar-refractivity contribution in [3.63, 3.8) is 0 Å². The van der Waals surface area contributed by atoms with Crippen LogP contribution in [0.5, 0.6) is 5.75 Å². The summed E-state index contributed by atoms with van der Waals surface area (Å²) in [6, 6.07) is 4.13. The summed E-state index contributed by atoms with van der Waals surface area (Å²) in [4.78, 5) is 26.2. The van der Waals surface area contributed by atoms with Gasteiger partial charge < -0.3 is 4.74 Å². The minimum absolute atomic E-state index is 0.0387. The highest BCUT2D eigenvalue weighted by Gasteiger charge is 2.23. The van der Waals surface area contributed by atoms with E-state index < -0.39 is 23.1 Å². The number of aromatic amines is 1. The summed E-state index contributed by atoms with van der Waals surface area (Å²) in [5, 5.41) is 19.0.